The van der Waals surface area contributed by atoms with Gasteiger partial charge >= 0.3 is 11.9 Å². The number of ether oxygens (including phenoxy) is 2. The van der Waals surface area contributed by atoms with Crippen LogP contribution >= 0.6 is 11.3 Å². The van der Waals surface area contributed by atoms with Crippen LogP contribution in [0.3, 0.4) is 0 Å². The van der Waals surface area contributed by atoms with Crippen molar-refractivity contribution in [1.29, 1.82) is 0 Å². The van der Waals surface area contributed by atoms with E-state index in [9.17, 15) is 9.59 Å². The van der Waals surface area contributed by atoms with Crippen molar-refractivity contribution in [2.24, 2.45) is 0 Å². The number of hydrogen-bond acceptors (Lipinski definition) is 6. The SMILES string of the molecule is COC(=O)c1sc(N)c(C(=O)OC(C)C)c1C(C)(C)C. The first-order valence-corrected chi connectivity index (χ1v) is 7.13. The predicted molar refractivity (Wildman–Crippen MR) is 79.3 cm³/mol. The Bertz CT molecular complexity index is 526. The summed E-state index contributed by atoms with van der Waals surface area (Å²) in [6, 6.07) is 0. The molecule has 0 fully saturated rings. The van der Waals surface area contributed by atoms with Crippen LogP contribution in [0.2, 0.25) is 0 Å². The van der Waals surface area contributed by atoms with Crippen LogP contribution in [-0.4, -0.2) is 25.2 Å². The number of esters is 2. The molecule has 0 aromatic carbocycles. The van der Waals surface area contributed by atoms with Crippen LogP contribution < -0.4 is 5.73 Å². The largest absolute Gasteiger partial charge is 0.465 e. The molecular formula is C14H21NO4S. The van der Waals surface area contributed by atoms with Gasteiger partial charge in [0.05, 0.1) is 18.8 Å². The highest BCUT2D eigenvalue weighted by atomic mass is 32.1. The van der Waals surface area contributed by atoms with Gasteiger partial charge in [0.1, 0.15) is 9.88 Å². The molecule has 20 heavy (non-hydrogen) atoms. The predicted octanol–water partition coefficient (Wildman–Crippen LogP) is 2.98. The van der Waals surface area contributed by atoms with E-state index in [1.807, 2.05) is 20.8 Å². The Morgan fingerprint density at radius 2 is 1.75 bits per heavy atom. The minimum absolute atomic E-state index is 0.254. The molecule has 6 heteroatoms. The summed E-state index contributed by atoms with van der Waals surface area (Å²) >= 11 is 1.06. The molecule has 0 saturated carbocycles. The van der Waals surface area contributed by atoms with Crippen LogP contribution in [0.4, 0.5) is 5.00 Å². The van der Waals surface area contributed by atoms with E-state index in [1.165, 1.54) is 7.11 Å². The molecule has 0 spiro atoms. The summed E-state index contributed by atoms with van der Waals surface area (Å²) in [6.45, 7) is 9.25. The maximum absolute atomic E-state index is 12.2. The van der Waals surface area contributed by atoms with Crippen molar-refractivity contribution in [2.75, 3.05) is 12.8 Å². The highest BCUT2D eigenvalue weighted by Crippen LogP contribution is 2.39. The second kappa shape index (κ2) is 5.83. The van der Waals surface area contributed by atoms with Gasteiger partial charge in [-0.3, -0.25) is 0 Å². The fourth-order valence-electron chi connectivity index (χ4n) is 1.88. The molecule has 0 unspecified atom stereocenters. The molecule has 0 radical (unpaired) electrons. The zero-order valence-corrected chi connectivity index (χ0v) is 13.5. The summed E-state index contributed by atoms with van der Waals surface area (Å²) in [6.07, 6.45) is -0.254. The van der Waals surface area contributed by atoms with Crippen LogP contribution in [-0.2, 0) is 14.9 Å². The van der Waals surface area contributed by atoms with Crippen molar-refractivity contribution >= 4 is 28.3 Å². The van der Waals surface area contributed by atoms with Crippen molar-refractivity contribution in [3.8, 4) is 0 Å². The zero-order chi connectivity index (χ0) is 15.7. The number of thiophene rings is 1. The van der Waals surface area contributed by atoms with Gasteiger partial charge in [-0.25, -0.2) is 9.59 Å². The molecule has 112 valence electrons. The zero-order valence-electron chi connectivity index (χ0n) is 12.7. The van der Waals surface area contributed by atoms with E-state index in [0.717, 1.165) is 11.3 Å². The van der Waals surface area contributed by atoms with E-state index >= 15 is 0 Å². The van der Waals surface area contributed by atoms with Gasteiger partial charge in [0.2, 0.25) is 0 Å². The van der Waals surface area contributed by atoms with Gasteiger partial charge in [-0.05, 0) is 24.8 Å². The van der Waals surface area contributed by atoms with E-state index < -0.39 is 17.4 Å². The molecule has 0 bridgehead atoms. The first-order valence-electron chi connectivity index (χ1n) is 6.31. The van der Waals surface area contributed by atoms with Gasteiger partial charge in [-0.1, -0.05) is 20.8 Å². The van der Waals surface area contributed by atoms with Crippen LogP contribution in [0.5, 0.6) is 0 Å². The minimum atomic E-state index is -0.506. The summed E-state index contributed by atoms with van der Waals surface area (Å²) < 4.78 is 9.98. The molecule has 0 aliphatic heterocycles. The normalized spacial score (nSPS) is 11.6. The number of nitrogen functional groups attached to an aromatic ring is 1. The molecule has 1 heterocycles. The topological polar surface area (TPSA) is 78.6 Å². The lowest BCUT2D eigenvalue weighted by molar-refractivity contribution is 0.0377. The molecule has 0 aliphatic carbocycles. The summed E-state index contributed by atoms with van der Waals surface area (Å²) in [7, 11) is 1.30. The quantitative estimate of drug-likeness (QED) is 0.868. The molecule has 1 aromatic heterocycles. The second-order valence-corrected chi connectivity index (χ2v) is 6.79. The van der Waals surface area contributed by atoms with E-state index in [4.69, 9.17) is 15.2 Å². The lowest BCUT2D eigenvalue weighted by atomic mass is 9.84. The fourth-order valence-corrected chi connectivity index (χ4v) is 3.06. The van der Waals surface area contributed by atoms with Gasteiger partial charge in [0.15, 0.2) is 0 Å². The smallest absolute Gasteiger partial charge is 0.348 e. The lowest BCUT2D eigenvalue weighted by Gasteiger charge is -2.21. The summed E-state index contributed by atoms with van der Waals surface area (Å²) in [5.41, 5.74) is 6.35. The van der Waals surface area contributed by atoms with E-state index in [1.54, 1.807) is 13.8 Å². The minimum Gasteiger partial charge on any atom is -0.465 e. The Morgan fingerprint density at radius 1 is 1.20 bits per heavy atom. The van der Waals surface area contributed by atoms with Gasteiger partial charge in [-0.15, -0.1) is 11.3 Å². The van der Waals surface area contributed by atoms with Gasteiger partial charge in [0, 0.05) is 0 Å². The Labute approximate surface area is 123 Å². The molecule has 0 amide bonds. The summed E-state index contributed by atoms with van der Waals surface area (Å²) in [5.74, 6) is -0.996. The second-order valence-electron chi connectivity index (χ2n) is 5.74. The third-order valence-electron chi connectivity index (χ3n) is 2.60. The summed E-state index contributed by atoms with van der Waals surface area (Å²) in [4.78, 5) is 24.4. The molecular weight excluding hydrogens is 278 g/mol. The molecule has 1 aromatic rings. The average molecular weight is 299 g/mol. The third kappa shape index (κ3) is 3.30. The summed E-state index contributed by atoms with van der Waals surface area (Å²) in [5, 5.41) is 0.279. The number of hydrogen-bond donors (Lipinski definition) is 1. The number of carbonyl (C=O) groups excluding carboxylic acids is 2. The lowest BCUT2D eigenvalue weighted by Crippen LogP contribution is -2.22. The molecule has 0 saturated heterocycles. The van der Waals surface area contributed by atoms with Crippen molar-refractivity contribution in [3.63, 3.8) is 0 Å². The van der Waals surface area contributed by atoms with Crippen LogP contribution in [0, 0.1) is 0 Å². The highest BCUT2D eigenvalue weighted by Gasteiger charge is 2.34. The van der Waals surface area contributed by atoms with E-state index in [0.29, 0.717) is 10.4 Å². The number of methoxy groups -OCH3 is 1. The Kier molecular flexibility index (Phi) is 4.81. The van der Waals surface area contributed by atoms with Crippen LogP contribution in [0.1, 0.15) is 60.2 Å². The first-order chi connectivity index (χ1) is 9.09. The maximum Gasteiger partial charge on any atom is 0.348 e. The third-order valence-corrected chi connectivity index (χ3v) is 3.60. The number of nitrogens with two attached hydrogens (primary N) is 1. The Balaban J connectivity index is 3.48. The van der Waals surface area contributed by atoms with Crippen LogP contribution in [0.15, 0.2) is 0 Å². The average Bonchev–Trinajstić information content (AvgIpc) is 2.64. The number of rotatable bonds is 3. The van der Waals surface area contributed by atoms with Gasteiger partial charge in [0.25, 0.3) is 0 Å². The van der Waals surface area contributed by atoms with E-state index in [2.05, 4.69) is 0 Å². The van der Waals surface area contributed by atoms with E-state index in [-0.39, 0.29) is 16.7 Å². The fraction of sp³-hybridized carbons (Fsp3) is 0.571. The number of carbonyl (C=O) groups is 2. The monoisotopic (exact) mass is 299 g/mol. The molecule has 5 nitrogen and oxygen atoms in total. The van der Waals surface area contributed by atoms with Crippen LogP contribution in [0.25, 0.3) is 0 Å². The molecule has 0 aliphatic rings. The van der Waals surface area contributed by atoms with Gasteiger partial charge in [-0.2, -0.15) is 0 Å². The Hall–Kier alpha value is -1.56. The highest BCUT2D eigenvalue weighted by molar-refractivity contribution is 7.18. The molecule has 1 rings (SSSR count). The van der Waals surface area contributed by atoms with Gasteiger partial charge < -0.3 is 15.2 Å². The van der Waals surface area contributed by atoms with Crippen molar-refractivity contribution in [2.45, 2.75) is 46.1 Å². The first kappa shape index (κ1) is 16.5. The van der Waals surface area contributed by atoms with Crippen molar-refractivity contribution in [3.05, 3.63) is 16.0 Å². The van der Waals surface area contributed by atoms with Crippen molar-refractivity contribution in [1.82, 2.24) is 0 Å². The molecule has 0 atom stereocenters. The standard InChI is InChI=1S/C14H21NO4S/c1-7(2)19-12(16)8-9(14(3,4)5)10(13(17)18-6)20-11(8)15/h7H,15H2,1-6H3. The Morgan fingerprint density at radius 3 is 2.15 bits per heavy atom. The van der Waals surface area contributed by atoms with Crippen molar-refractivity contribution < 1.29 is 19.1 Å². The number of anilines is 1. The molecule has 2 N–H and O–H groups in total. The maximum atomic E-state index is 12.2.